The van der Waals surface area contributed by atoms with Crippen molar-refractivity contribution >= 4 is 23.0 Å². The molecule has 0 bridgehead atoms. The molecule has 160 valence electrons. The molecule has 1 heterocycles. The SMILES string of the molecule is CCCCC(=Cc1ccc(C#N)c(F)c1)c1sc(-c2ccc(C(F)(F)F)cc2)nc1C. The number of halogens is 4. The van der Waals surface area contributed by atoms with Gasteiger partial charge in [-0.1, -0.05) is 37.6 Å². The van der Waals surface area contributed by atoms with Crippen LogP contribution >= 0.6 is 11.3 Å². The predicted octanol–water partition coefficient (Wildman–Crippen LogP) is 7.88. The molecule has 0 saturated heterocycles. The smallest absolute Gasteiger partial charge is 0.241 e. The molecule has 31 heavy (non-hydrogen) atoms. The Labute approximate surface area is 182 Å². The molecule has 0 atom stereocenters. The van der Waals surface area contributed by atoms with Crippen molar-refractivity contribution in [1.82, 2.24) is 4.98 Å². The van der Waals surface area contributed by atoms with Crippen molar-refractivity contribution in [1.29, 1.82) is 5.26 Å². The van der Waals surface area contributed by atoms with Gasteiger partial charge in [-0.15, -0.1) is 11.3 Å². The maximum absolute atomic E-state index is 14.0. The first-order chi connectivity index (χ1) is 14.7. The molecule has 0 aliphatic heterocycles. The van der Waals surface area contributed by atoms with Crippen LogP contribution in [-0.2, 0) is 6.18 Å². The van der Waals surface area contributed by atoms with Crippen molar-refractivity contribution in [3.05, 3.63) is 75.5 Å². The standard InChI is InChI=1S/C24H20F4N2S/c1-3-4-5-18(12-16-6-7-19(14-29)21(25)13-16)22-15(2)30-23(31-22)17-8-10-20(11-9-17)24(26,27)28/h6-13H,3-5H2,1-2H3. The van der Waals surface area contributed by atoms with Crippen LogP contribution in [0, 0.1) is 24.1 Å². The van der Waals surface area contributed by atoms with Gasteiger partial charge in [-0.05, 0) is 55.2 Å². The van der Waals surface area contributed by atoms with Crippen molar-refractivity contribution < 1.29 is 17.6 Å². The Morgan fingerprint density at radius 1 is 1.16 bits per heavy atom. The van der Waals surface area contributed by atoms with E-state index in [0.717, 1.165) is 47.5 Å². The molecule has 0 spiro atoms. The summed E-state index contributed by atoms with van der Waals surface area (Å²) in [5.74, 6) is -0.572. The Kier molecular flexibility index (Phi) is 6.91. The number of hydrogen-bond acceptors (Lipinski definition) is 3. The molecular weight excluding hydrogens is 424 g/mol. The highest BCUT2D eigenvalue weighted by atomic mass is 32.1. The summed E-state index contributed by atoms with van der Waals surface area (Å²) in [5.41, 5.74) is 2.32. The summed E-state index contributed by atoms with van der Waals surface area (Å²) in [6.07, 6.45) is 0.166. The predicted molar refractivity (Wildman–Crippen MR) is 116 cm³/mol. The van der Waals surface area contributed by atoms with Crippen molar-refractivity contribution in [2.45, 2.75) is 39.3 Å². The Balaban J connectivity index is 1.98. The molecule has 0 amide bonds. The van der Waals surface area contributed by atoms with Gasteiger partial charge in [0, 0.05) is 5.56 Å². The number of alkyl halides is 3. The number of nitriles is 1. The van der Waals surface area contributed by atoms with Gasteiger partial charge < -0.3 is 0 Å². The molecule has 0 fully saturated rings. The Morgan fingerprint density at radius 3 is 2.45 bits per heavy atom. The first-order valence-corrected chi connectivity index (χ1v) is 10.6. The summed E-state index contributed by atoms with van der Waals surface area (Å²) in [5, 5.41) is 9.55. The van der Waals surface area contributed by atoms with E-state index >= 15 is 0 Å². The van der Waals surface area contributed by atoms with Gasteiger partial charge >= 0.3 is 6.18 Å². The fourth-order valence-corrected chi connectivity index (χ4v) is 4.27. The average Bonchev–Trinajstić information content (AvgIpc) is 3.12. The van der Waals surface area contributed by atoms with E-state index in [1.807, 2.05) is 19.1 Å². The zero-order valence-electron chi connectivity index (χ0n) is 17.1. The number of thiazole rings is 1. The number of aryl methyl sites for hydroxylation is 1. The number of allylic oxidation sites excluding steroid dienone is 1. The number of benzene rings is 2. The Hall–Kier alpha value is -2.98. The largest absolute Gasteiger partial charge is 0.416 e. The van der Waals surface area contributed by atoms with Crippen LogP contribution in [0.2, 0.25) is 0 Å². The third-order valence-corrected chi connectivity index (χ3v) is 6.08. The number of unbranched alkanes of at least 4 members (excludes halogenated alkanes) is 1. The van der Waals surface area contributed by atoms with E-state index in [-0.39, 0.29) is 5.56 Å². The molecule has 0 saturated carbocycles. The van der Waals surface area contributed by atoms with Gasteiger partial charge in [0.1, 0.15) is 16.9 Å². The van der Waals surface area contributed by atoms with Crippen LogP contribution in [0.15, 0.2) is 42.5 Å². The number of rotatable bonds is 6. The van der Waals surface area contributed by atoms with Crippen LogP contribution in [0.5, 0.6) is 0 Å². The number of hydrogen-bond donors (Lipinski definition) is 0. The molecule has 0 unspecified atom stereocenters. The highest BCUT2D eigenvalue weighted by Gasteiger charge is 2.30. The minimum atomic E-state index is -4.38. The summed E-state index contributed by atoms with van der Waals surface area (Å²) in [6, 6.07) is 11.3. The monoisotopic (exact) mass is 444 g/mol. The van der Waals surface area contributed by atoms with Crippen molar-refractivity contribution in [2.75, 3.05) is 0 Å². The van der Waals surface area contributed by atoms with Gasteiger partial charge in [-0.3, -0.25) is 0 Å². The molecule has 2 aromatic carbocycles. The maximum atomic E-state index is 14.0. The molecule has 0 aliphatic rings. The maximum Gasteiger partial charge on any atom is 0.416 e. The van der Waals surface area contributed by atoms with Crippen LogP contribution < -0.4 is 0 Å². The molecule has 0 radical (unpaired) electrons. The summed E-state index contributed by atoms with van der Waals surface area (Å²) in [7, 11) is 0. The van der Waals surface area contributed by atoms with E-state index in [4.69, 9.17) is 5.26 Å². The molecule has 0 aliphatic carbocycles. The second kappa shape index (κ2) is 9.44. The summed E-state index contributed by atoms with van der Waals surface area (Å²) < 4.78 is 52.5. The molecule has 3 aromatic rings. The minimum Gasteiger partial charge on any atom is -0.241 e. The van der Waals surface area contributed by atoms with Crippen LogP contribution in [0.1, 0.15) is 53.4 Å². The molecule has 3 rings (SSSR count). The summed E-state index contributed by atoms with van der Waals surface area (Å²) in [6.45, 7) is 3.94. The topological polar surface area (TPSA) is 36.7 Å². The zero-order chi connectivity index (χ0) is 22.6. The first-order valence-electron chi connectivity index (χ1n) is 9.78. The number of aromatic nitrogens is 1. The fourth-order valence-electron chi connectivity index (χ4n) is 3.15. The molecule has 0 N–H and O–H groups in total. The van der Waals surface area contributed by atoms with Crippen molar-refractivity contribution in [3.8, 4) is 16.6 Å². The zero-order valence-corrected chi connectivity index (χ0v) is 17.9. The normalized spacial score (nSPS) is 12.1. The summed E-state index contributed by atoms with van der Waals surface area (Å²) in [4.78, 5) is 5.49. The highest BCUT2D eigenvalue weighted by Crippen LogP contribution is 2.37. The van der Waals surface area contributed by atoms with Gasteiger partial charge in [-0.25, -0.2) is 9.37 Å². The lowest BCUT2D eigenvalue weighted by atomic mass is 10.0. The van der Waals surface area contributed by atoms with E-state index in [0.29, 0.717) is 16.1 Å². The average molecular weight is 444 g/mol. The minimum absolute atomic E-state index is 0.00850. The number of nitrogens with zero attached hydrogens (tertiary/aromatic N) is 2. The van der Waals surface area contributed by atoms with Gasteiger partial charge in [0.05, 0.1) is 21.7 Å². The molecule has 1 aromatic heterocycles. The molecular formula is C24H20F4N2S. The second-order valence-corrected chi connectivity index (χ2v) is 8.13. The third kappa shape index (κ3) is 5.39. The lowest BCUT2D eigenvalue weighted by molar-refractivity contribution is -0.137. The lowest BCUT2D eigenvalue weighted by Crippen LogP contribution is -2.03. The van der Waals surface area contributed by atoms with Gasteiger partial charge in [0.25, 0.3) is 0 Å². The van der Waals surface area contributed by atoms with Crippen molar-refractivity contribution in [2.24, 2.45) is 0 Å². The van der Waals surface area contributed by atoms with Crippen LogP contribution in [-0.4, -0.2) is 4.98 Å². The lowest BCUT2D eigenvalue weighted by Gasteiger charge is -2.07. The van der Waals surface area contributed by atoms with Gasteiger partial charge in [-0.2, -0.15) is 18.4 Å². The van der Waals surface area contributed by atoms with E-state index in [1.165, 1.54) is 35.6 Å². The van der Waals surface area contributed by atoms with Crippen LogP contribution in [0.4, 0.5) is 17.6 Å². The summed E-state index contributed by atoms with van der Waals surface area (Å²) >= 11 is 1.41. The van der Waals surface area contributed by atoms with E-state index in [2.05, 4.69) is 11.9 Å². The first kappa shape index (κ1) is 22.7. The Bertz CT molecular complexity index is 1140. The quantitative estimate of drug-likeness (QED) is 0.363. The fraction of sp³-hybridized carbons (Fsp3) is 0.250. The third-order valence-electron chi connectivity index (χ3n) is 4.80. The van der Waals surface area contributed by atoms with Crippen LogP contribution in [0.3, 0.4) is 0 Å². The molecule has 2 nitrogen and oxygen atoms in total. The van der Waals surface area contributed by atoms with Crippen LogP contribution in [0.25, 0.3) is 22.2 Å². The van der Waals surface area contributed by atoms with E-state index < -0.39 is 17.6 Å². The van der Waals surface area contributed by atoms with E-state index in [1.54, 1.807) is 6.07 Å². The second-order valence-electron chi connectivity index (χ2n) is 7.13. The highest BCUT2D eigenvalue weighted by molar-refractivity contribution is 7.16. The van der Waals surface area contributed by atoms with Gasteiger partial charge in [0.15, 0.2) is 0 Å². The Morgan fingerprint density at radius 2 is 1.87 bits per heavy atom. The van der Waals surface area contributed by atoms with E-state index in [9.17, 15) is 17.6 Å². The van der Waals surface area contributed by atoms with Gasteiger partial charge in [0.2, 0.25) is 0 Å². The molecule has 7 heteroatoms. The van der Waals surface area contributed by atoms with Crippen molar-refractivity contribution in [3.63, 3.8) is 0 Å².